The first-order chi connectivity index (χ1) is 11.3. The summed E-state index contributed by atoms with van der Waals surface area (Å²) in [4.78, 5) is 30.0. The van der Waals surface area contributed by atoms with Crippen LogP contribution in [0.1, 0.15) is 52.2 Å². The second kappa shape index (κ2) is 7.07. The number of rotatable bonds is 5. The van der Waals surface area contributed by atoms with Crippen molar-refractivity contribution in [3.8, 4) is 0 Å². The van der Waals surface area contributed by atoms with Crippen molar-refractivity contribution in [2.75, 3.05) is 7.11 Å². The van der Waals surface area contributed by atoms with Crippen LogP contribution in [0.3, 0.4) is 0 Å². The predicted octanol–water partition coefficient (Wildman–Crippen LogP) is 2.83. The van der Waals surface area contributed by atoms with E-state index in [9.17, 15) is 9.59 Å². The van der Waals surface area contributed by atoms with E-state index < -0.39 is 23.1 Å². The Labute approximate surface area is 140 Å². The maximum absolute atomic E-state index is 12.6. The Morgan fingerprint density at radius 1 is 1.25 bits per heavy atom. The van der Waals surface area contributed by atoms with Crippen molar-refractivity contribution >= 4 is 17.7 Å². The van der Waals surface area contributed by atoms with Gasteiger partial charge in [-0.25, -0.2) is 9.59 Å². The van der Waals surface area contributed by atoms with Crippen LogP contribution in [0.15, 0.2) is 28.0 Å². The molecule has 0 aliphatic heterocycles. The van der Waals surface area contributed by atoms with Crippen LogP contribution in [-0.2, 0) is 23.9 Å². The second-order valence-corrected chi connectivity index (χ2v) is 6.70. The number of hydrogen-bond acceptors (Lipinski definition) is 7. The van der Waals surface area contributed by atoms with Crippen LogP contribution in [-0.4, -0.2) is 36.0 Å². The van der Waals surface area contributed by atoms with Crippen molar-refractivity contribution < 1.29 is 28.3 Å². The summed E-state index contributed by atoms with van der Waals surface area (Å²) in [6.45, 7) is 5.37. The third-order valence-corrected chi connectivity index (χ3v) is 3.63. The van der Waals surface area contributed by atoms with Crippen LogP contribution in [0.4, 0.5) is 0 Å². The van der Waals surface area contributed by atoms with E-state index in [-0.39, 0.29) is 11.5 Å². The molecule has 0 saturated heterocycles. The predicted molar refractivity (Wildman–Crippen MR) is 85.4 cm³/mol. The molecule has 132 valence electrons. The van der Waals surface area contributed by atoms with Crippen LogP contribution in [0.25, 0.3) is 0 Å². The summed E-state index contributed by atoms with van der Waals surface area (Å²) >= 11 is 0. The van der Waals surface area contributed by atoms with Crippen LogP contribution >= 0.6 is 0 Å². The fraction of sp³-hybridized carbons (Fsp3) is 0.588. The first-order valence-corrected chi connectivity index (χ1v) is 7.89. The third kappa shape index (κ3) is 4.15. The van der Waals surface area contributed by atoms with E-state index in [0.717, 1.165) is 12.8 Å². The Kier molecular flexibility index (Phi) is 5.31. The molecule has 1 aliphatic rings. The number of furan rings is 1. The van der Waals surface area contributed by atoms with Crippen molar-refractivity contribution in [3.63, 3.8) is 0 Å². The van der Waals surface area contributed by atoms with E-state index in [1.165, 1.54) is 13.4 Å². The van der Waals surface area contributed by atoms with Gasteiger partial charge in [-0.05, 0) is 45.7 Å². The summed E-state index contributed by atoms with van der Waals surface area (Å²) in [5.74, 6) is -0.971. The van der Waals surface area contributed by atoms with Crippen molar-refractivity contribution in [1.29, 1.82) is 0 Å². The molecule has 24 heavy (non-hydrogen) atoms. The molecule has 1 heterocycles. The minimum absolute atomic E-state index is 0.127. The fourth-order valence-corrected chi connectivity index (χ4v) is 2.48. The minimum atomic E-state index is -1.18. The average Bonchev–Trinajstić information content (AvgIpc) is 3.17. The van der Waals surface area contributed by atoms with E-state index in [4.69, 9.17) is 18.7 Å². The Bertz CT molecular complexity index is 606. The largest absolute Gasteiger partial charge is 0.464 e. The van der Waals surface area contributed by atoms with Crippen LogP contribution < -0.4 is 0 Å². The molecule has 0 aromatic carbocycles. The van der Waals surface area contributed by atoms with Gasteiger partial charge in [0.2, 0.25) is 11.3 Å². The molecule has 0 atom stereocenters. The summed E-state index contributed by atoms with van der Waals surface area (Å²) in [6, 6.07) is 3.18. The zero-order chi connectivity index (χ0) is 17.8. The summed E-state index contributed by atoms with van der Waals surface area (Å²) in [6.07, 6.45) is 4.02. The normalized spacial score (nSPS) is 17.4. The smallest absolute Gasteiger partial charge is 0.364 e. The fourth-order valence-electron chi connectivity index (χ4n) is 2.48. The van der Waals surface area contributed by atoms with Crippen molar-refractivity contribution in [2.24, 2.45) is 5.16 Å². The molecule has 1 aromatic rings. The molecule has 0 N–H and O–H groups in total. The van der Waals surface area contributed by atoms with Gasteiger partial charge in [0.05, 0.1) is 13.4 Å². The molecular weight excluding hydrogens is 314 g/mol. The van der Waals surface area contributed by atoms with Gasteiger partial charge in [0.25, 0.3) is 0 Å². The number of carbonyl (C=O) groups is 2. The number of nitrogens with zero attached hydrogens (tertiary/aromatic N) is 1. The van der Waals surface area contributed by atoms with E-state index in [0.29, 0.717) is 12.8 Å². The third-order valence-electron chi connectivity index (χ3n) is 3.63. The molecule has 1 fully saturated rings. The van der Waals surface area contributed by atoms with E-state index in [1.54, 1.807) is 32.9 Å². The van der Waals surface area contributed by atoms with E-state index >= 15 is 0 Å². The maximum Gasteiger partial charge on any atom is 0.364 e. The number of ether oxygens (including phenoxy) is 2. The van der Waals surface area contributed by atoms with Gasteiger partial charge in [-0.1, -0.05) is 5.16 Å². The van der Waals surface area contributed by atoms with Gasteiger partial charge in [0.1, 0.15) is 5.60 Å². The van der Waals surface area contributed by atoms with E-state index in [2.05, 4.69) is 5.16 Å². The number of esters is 2. The highest BCUT2D eigenvalue weighted by atomic mass is 16.7. The molecule has 0 radical (unpaired) electrons. The van der Waals surface area contributed by atoms with Gasteiger partial charge >= 0.3 is 11.9 Å². The van der Waals surface area contributed by atoms with Crippen molar-refractivity contribution in [2.45, 2.75) is 57.7 Å². The average molecular weight is 337 g/mol. The monoisotopic (exact) mass is 337 g/mol. The maximum atomic E-state index is 12.6. The molecule has 1 aliphatic carbocycles. The molecule has 2 rings (SSSR count). The van der Waals surface area contributed by atoms with Gasteiger partial charge in [0, 0.05) is 12.8 Å². The van der Waals surface area contributed by atoms with Gasteiger partial charge in [-0.3, -0.25) is 0 Å². The topological polar surface area (TPSA) is 87.3 Å². The highest BCUT2D eigenvalue weighted by Gasteiger charge is 2.47. The molecule has 0 spiro atoms. The molecule has 0 amide bonds. The van der Waals surface area contributed by atoms with Gasteiger partial charge < -0.3 is 18.7 Å². The van der Waals surface area contributed by atoms with Crippen LogP contribution in [0, 0.1) is 0 Å². The SMILES string of the molecule is COC(=O)/C(=N/OC1(C(=O)OC(C)(C)C)CCCC1)c1ccco1. The second-order valence-electron chi connectivity index (χ2n) is 6.70. The Morgan fingerprint density at radius 2 is 1.92 bits per heavy atom. The molecule has 7 heteroatoms. The number of hydrogen-bond donors (Lipinski definition) is 0. The van der Waals surface area contributed by atoms with Crippen molar-refractivity contribution in [1.82, 2.24) is 0 Å². The zero-order valence-corrected chi connectivity index (χ0v) is 14.5. The lowest BCUT2D eigenvalue weighted by Crippen LogP contribution is -2.43. The Hall–Kier alpha value is -2.31. The molecule has 0 bridgehead atoms. The quantitative estimate of drug-likeness (QED) is 0.466. The molecule has 1 saturated carbocycles. The first kappa shape index (κ1) is 18.0. The van der Waals surface area contributed by atoms with Gasteiger partial charge in [0.15, 0.2) is 5.76 Å². The van der Waals surface area contributed by atoms with Crippen LogP contribution in [0.5, 0.6) is 0 Å². The lowest BCUT2D eigenvalue weighted by atomic mass is 10.0. The molecular formula is C17H23NO6. The number of methoxy groups -OCH3 is 1. The Morgan fingerprint density at radius 3 is 2.42 bits per heavy atom. The van der Waals surface area contributed by atoms with Gasteiger partial charge in [-0.2, -0.15) is 0 Å². The highest BCUT2D eigenvalue weighted by molar-refractivity contribution is 6.42. The summed E-state index contributed by atoms with van der Waals surface area (Å²) in [7, 11) is 1.24. The van der Waals surface area contributed by atoms with Crippen molar-refractivity contribution in [3.05, 3.63) is 24.2 Å². The van der Waals surface area contributed by atoms with Gasteiger partial charge in [-0.15, -0.1) is 0 Å². The summed E-state index contributed by atoms with van der Waals surface area (Å²) in [5.41, 5.74) is -1.94. The van der Waals surface area contributed by atoms with E-state index in [1.807, 2.05) is 0 Å². The summed E-state index contributed by atoms with van der Waals surface area (Å²) in [5, 5.41) is 3.89. The minimum Gasteiger partial charge on any atom is -0.464 e. The molecule has 1 aromatic heterocycles. The van der Waals surface area contributed by atoms with Crippen LogP contribution in [0.2, 0.25) is 0 Å². The Balaban J connectivity index is 2.26. The highest BCUT2D eigenvalue weighted by Crippen LogP contribution is 2.36. The molecule has 7 nitrogen and oxygen atoms in total. The number of oxime groups is 1. The standard InChI is InChI=1S/C17H23NO6/c1-16(2,3)23-15(20)17(9-5-6-10-17)24-18-13(14(19)21-4)12-8-7-11-22-12/h7-8,11H,5-6,9-10H2,1-4H3/b18-13+. The molecule has 0 unspecified atom stereocenters. The number of carbonyl (C=O) groups excluding carboxylic acids is 2. The zero-order valence-electron chi connectivity index (χ0n) is 14.5. The lowest BCUT2D eigenvalue weighted by molar-refractivity contribution is -0.183. The first-order valence-electron chi connectivity index (χ1n) is 7.89. The lowest BCUT2D eigenvalue weighted by Gasteiger charge is -2.29. The summed E-state index contributed by atoms with van der Waals surface area (Å²) < 4.78 is 15.3.